The second-order valence-electron chi connectivity index (χ2n) is 5.77. The van der Waals surface area contributed by atoms with Crippen LogP contribution in [0.25, 0.3) is 0 Å². The summed E-state index contributed by atoms with van der Waals surface area (Å²) in [5, 5.41) is 9.67. The average molecular weight is 243 g/mol. The van der Waals surface area contributed by atoms with Gasteiger partial charge in [-0.25, -0.2) is 0 Å². The van der Waals surface area contributed by atoms with E-state index in [1.165, 1.54) is 0 Å². The topological polar surface area (TPSA) is 41.9 Å². The lowest BCUT2D eigenvalue weighted by atomic mass is 9.82. The maximum Gasteiger partial charge on any atom is 0.0678 e. The molecule has 0 spiro atoms. The summed E-state index contributed by atoms with van der Waals surface area (Å²) in [7, 11) is 0. The van der Waals surface area contributed by atoms with Gasteiger partial charge in [-0.15, -0.1) is 0 Å². The van der Waals surface area contributed by atoms with E-state index in [2.05, 4.69) is 18.7 Å². The molecule has 0 aromatic heterocycles. The van der Waals surface area contributed by atoms with Crippen LogP contribution in [0.15, 0.2) is 0 Å². The van der Waals surface area contributed by atoms with E-state index in [4.69, 9.17) is 9.47 Å². The number of aliphatic hydroxyl groups excluding tert-OH is 1. The van der Waals surface area contributed by atoms with Gasteiger partial charge < -0.3 is 14.6 Å². The van der Waals surface area contributed by atoms with E-state index in [0.29, 0.717) is 18.8 Å². The Morgan fingerprint density at radius 1 is 1.29 bits per heavy atom. The highest BCUT2D eigenvalue weighted by molar-refractivity contribution is 4.87. The second-order valence-corrected chi connectivity index (χ2v) is 5.77. The number of rotatable bonds is 3. The Hall–Kier alpha value is -0.160. The fraction of sp³-hybridized carbons (Fsp3) is 1.00. The van der Waals surface area contributed by atoms with Crippen molar-refractivity contribution < 1.29 is 14.6 Å². The largest absolute Gasteiger partial charge is 0.396 e. The predicted octanol–water partition coefficient (Wildman–Crippen LogP) is 0.885. The summed E-state index contributed by atoms with van der Waals surface area (Å²) in [6.45, 7) is 8.87. The molecule has 0 amide bonds. The molecule has 4 heteroatoms. The Labute approximate surface area is 104 Å². The molecule has 0 bridgehead atoms. The van der Waals surface area contributed by atoms with Gasteiger partial charge in [0.1, 0.15) is 0 Å². The smallest absolute Gasteiger partial charge is 0.0678 e. The standard InChI is InChI=1S/C13H25NO3/c1-11-6-14(7-12(2)17-11)8-13(9-15)4-3-5-16-10-13/h11-12,15H,3-10H2,1-2H3/t11-,12+,13?. The van der Waals surface area contributed by atoms with Crippen LogP contribution in [-0.4, -0.2) is 61.7 Å². The fourth-order valence-corrected chi connectivity index (χ4v) is 3.10. The molecule has 2 heterocycles. The van der Waals surface area contributed by atoms with Crippen LogP contribution in [-0.2, 0) is 9.47 Å². The molecule has 2 rings (SSSR count). The first kappa shape index (κ1) is 13.3. The summed E-state index contributed by atoms with van der Waals surface area (Å²) in [4.78, 5) is 2.42. The van der Waals surface area contributed by atoms with Crippen molar-refractivity contribution >= 4 is 0 Å². The van der Waals surface area contributed by atoms with Gasteiger partial charge >= 0.3 is 0 Å². The van der Waals surface area contributed by atoms with Crippen LogP contribution in [0.5, 0.6) is 0 Å². The predicted molar refractivity (Wildman–Crippen MR) is 66.0 cm³/mol. The fourth-order valence-electron chi connectivity index (χ4n) is 3.10. The van der Waals surface area contributed by atoms with Gasteiger partial charge in [0.2, 0.25) is 0 Å². The van der Waals surface area contributed by atoms with E-state index in [0.717, 1.165) is 39.1 Å². The summed E-state index contributed by atoms with van der Waals surface area (Å²) in [5.74, 6) is 0. The Bertz CT molecular complexity index is 231. The summed E-state index contributed by atoms with van der Waals surface area (Å²) >= 11 is 0. The molecular formula is C13H25NO3. The minimum Gasteiger partial charge on any atom is -0.396 e. The van der Waals surface area contributed by atoms with Gasteiger partial charge in [0, 0.05) is 31.7 Å². The van der Waals surface area contributed by atoms with Crippen molar-refractivity contribution in [2.24, 2.45) is 5.41 Å². The molecule has 0 aromatic carbocycles. The maximum atomic E-state index is 9.67. The highest BCUT2D eigenvalue weighted by atomic mass is 16.5. The Morgan fingerprint density at radius 2 is 2.00 bits per heavy atom. The highest BCUT2D eigenvalue weighted by Gasteiger charge is 2.36. The minimum atomic E-state index is -0.0466. The van der Waals surface area contributed by atoms with E-state index in [-0.39, 0.29) is 12.0 Å². The van der Waals surface area contributed by atoms with E-state index >= 15 is 0 Å². The number of morpholine rings is 1. The molecular weight excluding hydrogens is 218 g/mol. The lowest BCUT2D eigenvalue weighted by Crippen LogP contribution is -2.52. The van der Waals surface area contributed by atoms with Gasteiger partial charge in [0.05, 0.1) is 25.4 Å². The molecule has 17 heavy (non-hydrogen) atoms. The quantitative estimate of drug-likeness (QED) is 0.799. The summed E-state index contributed by atoms with van der Waals surface area (Å²) in [5.41, 5.74) is -0.0466. The van der Waals surface area contributed by atoms with Crippen LogP contribution in [0, 0.1) is 5.41 Å². The molecule has 0 aliphatic carbocycles. The first-order valence-corrected chi connectivity index (χ1v) is 6.70. The molecule has 4 nitrogen and oxygen atoms in total. The van der Waals surface area contributed by atoms with E-state index in [1.807, 2.05) is 0 Å². The highest BCUT2D eigenvalue weighted by Crippen LogP contribution is 2.30. The SMILES string of the molecule is C[C@@H]1CN(CC2(CO)CCCOC2)C[C@H](C)O1. The second kappa shape index (κ2) is 5.65. The number of nitrogens with zero attached hydrogens (tertiary/aromatic N) is 1. The van der Waals surface area contributed by atoms with Gasteiger partial charge in [-0.1, -0.05) is 0 Å². The van der Waals surface area contributed by atoms with Crippen LogP contribution >= 0.6 is 0 Å². The Balaban J connectivity index is 1.93. The molecule has 3 atom stereocenters. The molecule has 1 unspecified atom stereocenters. The van der Waals surface area contributed by atoms with Gasteiger partial charge in [-0.2, -0.15) is 0 Å². The zero-order chi connectivity index (χ0) is 12.3. The minimum absolute atomic E-state index is 0.0466. The normalized spacial score (nSPS) is 40.4. The molecule has 0 saturated carbocycles. The van der Waals surface area contributed by atoms with Crippen LogP contribution in [0.2, 0.25) is 0 Å². The Morgan fingerprint density at radius 3 is 2.53 bits per heavy atom. The average Bonchev–Trinajstić information content (AvgIpc) is 2.29. The van der Waals surface area contributed by atoms with Crippen LogP contribution in [0.3, 0.4) is 0 Å². The first-order valence-electron chi connectivity index (χ1n) is 6.70. The Kier molecular flexibility index (Phi) is 4.42. The summed E-state index contributed by atoms with van der Waals surface area (Å²) < 4.78 is 11.3. The van der Waals surface area contributed by atoms with Gasteiger partial charge in [0.25, 0.3) is 0 Å². The van der Waals surface area contributed by atoms with Crippen molar-refractivity contribution in [1.29, 1.82) is 0 Å². The van der Waals surface area contributed by atoms with Crippen LogP contribution in [0.4, 0.5) is 0 Å². The third-order valence-corrected chi connectivity index (χ3v) is 3.79. The lowest BCUT2D eigenvalue weighted by Gasteiger charge is -2.43. The van der Waals surface area contributed by atoms with Gasteiger partial charge in [0.15, 0.2) is 0 Å². The number of hydrogen-bond acceptors (Lipinski definition) is 4. The van der Waals surface area contributed by atoms with Gasteiger partial charge in [-0.05, 0) is 26.7 Å². The number of aliphatic hydroxyl groups is 1. The van der Waals surface area contributed by atoms with E-state index < -0.39 is 0 Å². The molecule has 0 radical (unpaired) electrons. The van der Waals surface area contributed by atoms with Crippen molar-refractivity contribution in [3.05, 3.63) is 0 Å². The number of hydrogen-bond donors (Lipinski definition) is 1. The van der Waals surface area contributed by atoms with Crippen molar-refractivity contribution in [1.82, 2.24) is 4.90 Å². The van der Waals surface area contributed by atoms with E-state index in [9.17, 15) is 5.11 Å². The third-order valence-electron chi connectivity index (χ3n) is 3.79. The van der Waals surface area contributed by atoms with Crippen molar-refractivity contribution in [3.63, 3.8) is 0 Å². The molecule has 100 valence electrons. The zero-order valence-corrected chi connectivity index (χ0v) is 11.0. The summed E-state index contributed by atoms with van der Waals surface area (Å²) in [6, 6.07) is 0. The first-order chi connectivity index (χ1) is 8.13. The van der Waals surface area contributed by atoms with Crippen molar-refractivity contribution in [2.45, 2.75) is 38.9 Å². The molecule has 2 saturated heterocycles. The lowest BCUT2D eigenvalue weighted by molar-refractivity contribution is -0.103. The van der Waals surface area contributed by atoms with Crippen LogP contribution in [0.1, 0.15) is 26.7 Å². The molecule has 2 fully saturated rings. The zero-order valence-electron chi connectivity index (χ0n) is 11.0. The molecule has 2 aliphatic rings. The van der Waals surface area contributed by atoms with Crippen molar-refractivity contribution in [2.75, 3.05) is 39.5 Å². The van der Waals surface area contributed by atoms with Crippen LogP contribution < -0.4 is 0 Å². The molecule has 2 aliphatic heterocycles. The van der Waals surface area contributed by atoms with Crippen molar-refractivity contribution in [3.8, 4) is 0 Å². The maximum absolute atomic E-state index is 9.67. The summed E-state index contributed by atoms with van der Waals surface area (Å²) in [6.07, 6.45) is 2.72. The molecule has 0 aromatic rings. The van der Waals surface area contributed by atoms with Gasteiger partial charge in [-0.3, -0.25) is 4.90 Å². The monoisotopic (exact) mass is 243 g/mol. The molecule has 1 N–H and O–H groups in total. The number of ether oxygens (including phenoxy) is 2. The van der Waals surface area contributed by atoms with E-state index in [1.54, 1.807) is 0 Å². The third kappa shape index (κ3) is 3.41.